The summed E-state index contributed by atoms with van der Waals surface area (Å²) >= 11 is 0. The van der Waals surface area contributed by atoms with E-state index in [1.807, 2.05) is 16.8 Å². The van der Waals surface area contributed by atoms with Crippen LogP contribution in [-0.4, -0.2) is 54.8 Å². The van der Waals surface area contributed by atoms with Crippen LogP contribution in [0.25, 0.3) is 0 Å². The maximum Gasteiger partial charge on any atom is 0.225 e. The normalized spacial score (nSPS) is 20.8. The number of anilines is 1. The minimum Gasteiger partial charge on any atom is -0.371 e. The average Bonchev–Trinajstić information content (AvgIpc) is 3.41. The summed E-state index contributed by atoms with van der Waals surface area (Å²) in [5.74, 6) is 0.873. The number of likely N-dealkylation sites (tertiary alicyclic amines) is 1. The smallest absolute Gasteiger partial charge is 0.225 e. The number of amides is 2. The Balaban J connectivity index is 1.34. The summed E-state index contributed by atoms with van der Waals surface area (Å²) in [5, 5.41) is 0. The van der Waals surface area contributed by atoms with Gasteiger partial charge in [0.05, 0.1) is 0 Å². The van der Waals surface area contributed by atoms with Gasteiger partial charge in [0.1, 0.15) is 0 Å². The predicted molar refractivity (Wildman–Crippen MR) is 106 cm³/mol. The molecule has 1 aromatic carbocycles. The minimum absolute atomic E-state index is 0.0530. The zero-order valence-electron chi connectivity index (χ0n) is 16.4. The first kappa shape index (κ1) is 18.3. The molecule has 0 aromatic heterocycles. The molecule has 2 amide bonds. The first-order valence-electron chi connectivity index (χ1n) is 10.5. The topological polar surface area (TPSA) is 43.9 Å². The van der Waals surface area contributed by atoms with Gasteiger partial charge in [-0.2, -0.15) is 0 Å². The van der Waals surface area contributed by atoms with Gasteiger partial charge >= 0.3 is 0 Å². The third-order valence-corrected chi connectivity index (χ3v) is 6.30. The lowest BCUT2D eigenvalue weighted by atomic mass is 9.95. The van der Waals surface area contributed by atoms with E-state index in [4.69, 9.17) is 0 Å². The molecule has 146 valence electrons. The Hall–Kier alpha value is -2.04. The highest BCUT2D eigenvalue weighted by molar-refractivity contribution is 5.82. The summed E-state index contributed by atoms with van der Waals surface area (Å²) in [6.45, 7) is 4.37. The number of rotatable bonds is 5. The quantitative estimate of drug-likeness (QED) is 0.802. The lowest BCUT2D eigenvalue weighted by Gasteiger charge is -2.33. The lowest BCUT2D eigenvalue weighted by molar-refractivity contribution is -0.140. The molecule has 5 nitrogen and oxygen atoms in total. The number of nitrogens with zero attached hydrogens (tertiary/aromatic N) is 3. The van der Waals surface area contributed by atoms with Crippen LogP contribution in [0, 0.1) is 11.8 Å². The summed E-state index contributed by atoms with van der Waals surface area (Å²) < 4.78 is 0. The third kappa shape index (κ3) is 4.12. The summed E-state index contributed by atoms with van der Waals surface area (Å²) in [4.78, 5) is 31.5. The lowest BCUT2D eigenvalue weighted by Crippen LogP contribution is -2.43. The molecule has 1 aliphatic carbocycles. The van der Waals surface area contributed by atoms with Crippen LogP contribution in [0.5, 0.6) is 0 Å². The van der Waals surface area contributed by atoms with Gasteiger partial charge < -0.3 is 14.7 Å². The molecule has 3 aliphatic rings. The molecule has 0 radical (unpaired) electrons. The van der Waals surface area contributed by atoms with Crippen molar-refractivity contribution in [1.29, 1.82) is 0 Å². The summed E-state index contributed by atoms with van der Waals surface area (Å²) in [7, 11) is 1.92. The number of hydrogen-bond donors (Lipinski definition) is 0. The molecule has 1 aromatic rings. The SMILES string of the molecule is CN(Cc1ccccc1N1CCCC1)C(=O)C1CCN(C(=O)C2CC2)CC1. The van der Waals surface area contributed by atoms with Crippen molar-refractivity contribution < 1.29 is 9.59 Å². The van der Waals surface area contributed by atoms with E-state index < -0.39 is 0 Å². The first-order valence-corrected chi connectivity index (χ1v) is 10.5. The second-order valence-corrected chi connectivity index (χ2v) is 8.39. The summed E-state index contributed by atoms with van der Waals surface area (Å²) in [6, 6.07) is 8.48. The van der Waals surface area contributed by atoms with Crippen molar-refractivity contribution in [2.45, 2.75) is 45.1 Å². The van der Waals surface area contributed by atoms with E-state index in [0.717, 1.165) is 51.9 Å². The Morgan fingerprint density at radius 1 is 0.963 bits per heavy atom. The van der Waals surface area contributed by atoms with Crippen molar-refractivity contribution in [3.05, 3.63) is 29.8 Å². The largest absolute Gasteiger partial charge is 0.371 e. The van der Waals surface area contributed by atoms with Crippen LogP contribution < -0.4 is 4.90 Å². The average molecular weight is 370 g/mol. The maximum absolute atomic E-state index is 13.0. The fourth-order valence-corrected chi connectivity index (χ4v) is 4.49. The first-order chi connectivity index (χ1) is 13.1. The monoisotopic (exact) mass is 369 g/mol. The molecule has 0 N–H and O–H groups in total. The maximum atomic E-state index is 13.0. The van der Waals surface area contributed by atoms with E-state index in [1.54, 1.807) is 0 Å². The van der Waals surface area contributed by atoms with Gasteiger partial charge in [0.25, 0.3) is 0 Å². The van der Waals surface area contributed by atoms with Crippen LogP contribution in [0.4, 0.5) is 5.69 Å². The molecule has 0 atom stereocenters. The molecule has 0 spiro atoms. The molecule has 2 heterocycles. The van der Waals surface area contributed by atoms with E-state index >= 15 is 0 Å². The van der Waals surface area contributed by atoms with Gasteiger partial charge in [-0.15, -0.1) is 0 Å². The predicted octanol–water partition coefficient (Wildman–Crippen LogP) is 2.89. The van der Waals surface area contributed by atoms with Crippen molar-refractivity contribution in [3.8, 4) is 0 Å². The second kappa shape index (κ2) is 7.91. The standard InChI is InChI=1S/C22H31N3O2/c1-23(16-19-6-2-3-7-20(19)24-12-4-5-13-24)21(26)18-10-14-25(15-11-18)22(27)17-8-9-17/h2-3,6-7,17-18H,4-5,8-16H2,1H3. The van der Waals surface area contributed by atoms with Crippen molar-refractivity contribution in [3.63, 3.8) is 0 Å². The number of para-hydroxylation sites is 1. The van der Waals surface area contributed by atoms with Gasteiger partial charge in [-0.1, -0.05) is 18.2 Å². The van der Waals surface area contributed by atoms with Crippen LogP contribution in [0.15, 0.2) is 24.3 Å². The van der Waals surface area contributed by atoms with Gasteiger partial charge in [-0.05, 0) is 50.2 Å². The molecule has 3 fully saturated rings. The van der Waals surface area contributed by atoms with Crippen LogP contribution in [0.3, 0.4) is 0 Å². The van der Waals surface area contributed by atoms with E-state index in [2.05, 4.69) is 29.2 Å². The Kier molecular flexibility index (Phi) is 5.37. The van der Waals surface area contributed by atoms with Crippen molar-refractivity contribution >= 4 is 17.5 Å². The molecule has 27 heavy (non-hydrogen) atoms. The number of piperidine rings is 1. The van der Waals surface area contributed by atoms with Gasteiger partial charge in [-0.3, -0.25) is 9.59 Å². The van der Waals surface area contributed by atoms with Crippen molar-refractivity contribution in [2.75, 3.05) is 38.1 Å². The Morgan fingerprint density at radius 3 is 2.30 bits per heavy atom. The summed E-state index contributed by atoms with van der Waals surface area (Å²) in [5.41, 5.74) is 2.51. The summed E-state index contributed by atoms with van der Waals surface area (Å²) in [6.07, 6.45) is 6.21. The number of carbonyl (C=O) groups is 2. The van der Waals surface area contributed by atoms with Crippen LogP contribution in [-0.2, 0) is 16.1 Å². The number of hydrogen-bond acceptors (Lipinski definition) is 3. The second-order valence-electron chi connectivity index (χ2n) is 8.39. The Labute approximate surface area is 162 Å². The highest BCUT2D eigenvalue weighted by Crippen LogP contribution is 2.33. The minimum atomic E-state index is 0.0530. The van der Waals surface area contributed by atoms with Gasteiger partial charge in [0.15, 0.2) is 0 Å². The van der Waals surface area contributed by atoms with Gasteiger partial charge in [0.2, 0.25) is 11.8 Å². The molecule has 2 saturated heterocycles. The molecule has 0 bridgehead atoms. The number of benzene rings is 1. The molecular weight excluding hydrogens is 338 g/mol. The van der Waals surface area contributed by atoms with Crippen LogP contribution >= 0.6 is 0 Å². The Bertz CT molecular complexity index is 687. The van der Waals surface area contributed by atoms with E-state index in [0.29, 0.717) is 12.5 Å². The zero-order valence-corrected chi connectivity index (χ0v) is 16.4. The van der Waals surface area contributed by atoms with Crippen molar-refractivity contribution in [2.24, 2.45) is 11.8 Å². The van der Waals surface area contributed by atoms with Crippen LogP contribution in [0.2, 0.25) is 0 Å². The zero-order chi connectivity index (χ0) is 18.8. The van der Waals surface area contributed by atoms with E-state index in [-0.39, 0.29) is 17.7 Å². The molecule has 0 unspecified atom stereocenters. The fraction of sp³-hybridized carbons (Fsp3) is 0.636. The highest BCUT2D eigenvalue weighted by atomic mass is 16.2. The highest BCUT2D eigenvalue weighted by Gasteiger charge is 2.36. The molecule has 1 saturated carbocycles. The third-order valence-electron chi connectivity index (χ3n) is 6.30. The molecule has 4 rings (SSSR count). The Morgan fingerprint density at radius 2 is 1.63 bits per heavy atom. The van der Waals surface area contributed by atoms with Gasteiger partial charge in [0, 0.05) is 57.3 Å². The molecule has 2 aliphatic heterocycles. The molecular formula is C22H31N3O2. The van der Waals surface area contributed by atoms with Crippen LogP contribution in [0.1, 0.15) is 44.1 Å². The van der Waals surface area contributed by atoms with Crippen molar-refractivity contribution in [1.82, 2.24) is 9.80 Å². The van der Waals surface area contributed by atoms with E-state index in [1.165, 1.54) is 24.1 Å². The van der Waals surface area contributed by atoms with Gasteiger partial charge in [-0.25, -0.2) is 0 Å². The number of carbonyl (C=O) groups excluding carboxylic acids is 2. The van der Waals surface area contributed by atoms with E-state index in [9.17, 15) is 9.59 Å². The fourth-order valence-electron chi connectivity index (χ4n) is 4.49. The molecule has 5 heteroatoms.